The van der Waals surface area contributed by atoms with Crippen molar-refractivity contribution in [1.29, 1.82) is 0 Å². The van der Waals surface area contributed by atoms with Gasteiger partial charge in [0.25, 0.3) is 0 Å². The van der Waals surface area contributed by atoms with Crippen LogP contribution in [0.2, 0.25) is 0 Å². The molecule has 0 spiro atoms. The third-order valence-electron chi connectivity index (χ3n) is 9.89. The van der Waals surface area contributed by atoms with Crippen LogP contribution in [0.4, 0.5) is 0 Å². The van der Waals surface area contributed by atoms with Gasteiger partial charge >= 0.3 is 5.97 Å². The number of aliphatic hydroxyl groups excluding tert-OH is 1. The van der Waals surface area contributed by atoms with Crippen LogP contribution < -0.4 is 0 Å². The molecular formula is C23H38O3. The van der Waals surface area contributed by atoms with Crippen molar-refractivity contribution in [1.82, 2.24) is 0 Å². The second kappa shape index (κ2) is 6.50. The van der Waals surface area contributed by atoms with Gasteiger partial charge in [0.15, 0.2) is 0 Å². The lowest BCUT2D eigenvalue weighted by Gasteiger charge is -2.61. The summed E-state index contributed by atoms with van der Waals surface area (Å²) < 4.78 is 0. The number of fused-ring (bicyclic) bond motifs is 5. The molecule has 0 aromatic heterocycles. The summed E-state index contributed by atoms with van der Waals surface area (Å²) in [6.45, 7) is 7.23. The third kappa shape index (κ3) is 2.75. The fraction of sp³-hybridized carbons (Fsp3) is 0.957. The molecule has 0 amide bonds. The first-order valence-corrected chi connectivity index (χ1v) is 11.2. The minimum Gasteiger partial charge on any atom is -0.481 e. The van der Waals surface area contributed by atoms with Gasteiger partial charge in [-0.15, -0.1) is 0 Å². The van der Waals surface area contributed by atoms with Gasteiger partial charge in [0, 0.05) is 6.42 Å². The molecule has 0 aromatic rings. The van der Waals surface area contributed by atoms with E-state index in [1.807, 2.05) is 0 Å². The summed E-state index contributed by atoms with van der Waals surface area (Å²) in [5, 5.41) is 19.4. The molecule has 26 heavy (non-hydrogen) atoms. The average Bonchev–Trinajstić information content (AvgIpc) is 2.92. The number of carbonyl (C=O) groups is 1. The van der Waals surface area contributed by atoms with Crippen molar-refractivity contribution in [2.45, 2.75) is 91.1 Å². The Hall–Kier alpha value is -0.570. The van der Waals surface area contributed by atoms with E-state index in [-0.39, 0.29) is 6.10 Å². The number of aliphatic carboxylic acids is 1. The number of aliphatic hydroxyl groups is 1. The summed E-state index contributed by atoms with van der Waals surface area (Å²) in [5.41, 5.74) is 0.793. The minimum absolute atomic E-state index is 0.0637. The summed E-state index contributed by atoms with van der Waals surface area (Å²) >= 11 is 0. The molecule has 0 radical (unpaired) electrons. The number of hydrogen-bond donors (Lipinski definition) is 2. The maximum atomic E-state index is 11.3. The van der Waals surface area contributed by atoms with Crippen LogP contribution in [-0.2, 0) is 4.79 Å². The highest BCUT2D eigenvalue weighted by Gasteiger charge is 2.60. The van der Waals surface area contributed by atoms with Gasteiger partial charge in [0.1, 0.15) is 0 Å². The Bertz CT molecular complexity index is 560. The van der Waals surface area contributed by atoms with Crippen molar-refractivity contribution >= 4 is 5.97 Å². The molecule has 148 valence electrons. The van der Waals surface area contributed by atoms with Gasteiger partial charge in [0.05, 0.1) is 6.10 Å². The number of rotatable bonds is 3. The molecule has 4 rings (SSSR count). The van der Waals surface area contributed by atoms with E-state index in [1.54, 1.807) is 0 Å². The van der Waals surface area contributed by atoms with E-state index in [1.165, 1.54) is 44.9 Å². The smallest absolute Gasteiger partial charge is 0.303 e. The minimum atomic E-state index is -0.632. The molecule has 0 aliphatic heterocycles. The van der Waals surface area contributed by atoms with Crippen LogP contribution in [0.3, 0.4) is 0 Å². The zero-order valence-corrected chi connectivity index (χ0v) is 16.9. The molecule has 4 aliphatic carbocycles. The SMILES string of the molecule is C[C@H](CC(=O)O)[C@H]1CC[C@H]2[C@@H]3CCC4C[C@H](O)CC[C@]4(C)[C@H]3CC[C@]12C. The van der Waals surface area contributed by atoms with E-state index in [2.05, 4.69) is 20.8 Å². The Morgan fingerprint density at radius 2 is 1.69 bits per heavy atom. The first-order chi connectivity index (χ1) is 12.3. The fourth-order valence-electron chi connectivity index (χ4n) is 8.63. The van der Waals surface area contributed by atoms with Gasteiger partial charge in [0.2, 0.25) is 0 Å². The second-order valence-corrected chi connectivity index (χ2v) is 10.9. The van der Waals surface area contributed by atoms with E-state index in [9.17, 15) is 15.0 Å². The molecule has 0 aromatic carbocycles. The van der Waals surface area contributed by atoms with Crippen LogP contribution in [-0.4, -0.2) is 22.3 Å². The Balaban J connectivity index is 1.55. The second-order valence-electron chi connectivity index (χ2n) is 10.9. The molecule has 0 saturated heterocycles. The lowest BCUT2D eigenvalue weighted by atomic mass is 9.44. The molecule has 3 nitrogen and oxygen atoms in total. The van der Waals surface area contributed by atoms with Gasteiger partial charge in [-0.25, -0.2) is 0 Å². The zero-order chi connectivity index (χ0) is 18.7. The molecule has 4 saturated carbocycles. The van der Waals surface area contributed by atoms with Crippen molar-refractivity contribution in [3.63, 3.8) is 0 Å². The first-order valence-electron chi connectivity index (χ1n) is 11.2. The zero-order valence-electron chi connectivity index (χ0n) is 16.9. The predicted molar refractivity (Wildman–Crippen MR) is 103 cm³/mol. The monoisotopic (exact) mass is 362 g/mol. The van der Waals surface area contributed by atoms with Crippen LogP contribution in [0.15, 0.2) is 0 Å². The highest BCUT2D eigenvalue weighted by Crippen LogP contribution is 2.68. The highest BCUT2D eigenvalue weighted by atomic mass is 16.4. The Labute approximate surface area is 158 Å². The summed E-state index contributed by atoms with van der Waals surface area (Å²) in [7, 11) is 0. The molecular weight excluding hydrogens is 324 g/mol. The van der Waals surface area contributed by atoms with E-state index >= 15 is 0 Å². The molecule has 3 heteroatoms. The number of carboxylic acid groups (broad SMARTS) is 1. The van der Waals surface area contributed by atoms with Crippen LogP contribution >= 0.6 is 0 Å². The lowest BCUT2D eigenvalue weighted by Crippen LogP contribution is -2.54. The Morgan fingerprint density at radius 3 is 2.42 bits per heavy atom. The summed E-state index contributed by atoms with van der Waals surface area (Å²) in [5.74, 6) is 3.45. The van der Waals surface area contributed by atoms with Crippen molar-refractivity contribution in [2.75, 3.05) is 0 Å². The molecule has 1 unspecified atom stereocenters. The van der Waals surface area contributed by atoms with Gasteiger partial charge in [-0.3, -0.25) is 4.79 Å². The Kier molecular flexibility index (Phi) is 4.69. The fourth-order valence-corrected chi connectivity index (χ4v) is 8.63. The van der Waals surface area contributed by atoms with Crippen LogP contribution in [0.1, 0.15) is 85.0 Å². The van der Waals surface area contributed by atoms with Gasteiger partial charge < -0.3 is 10.2 Å². The summed E-state index contributed by atoms with van der Waals surface area (Å²) in [6.07, 6.45) is 11.3. The van der Waals surface area contributed by atoms with Crippen molar-refractivity contribution in [3.8, 4) is 0 Å². The maximum Gasteiger partial charge on any atom is 0.303 e. The Morgan fingerprint density at radius 1 is 1.00 bits per heavy atom. The van der Waals surface area contributed by atoms with Crippen molar-refractivity contribution in [2.24, 2.45) is 46.3 Å². The average molecular weight is 363 g/mol. The normalized spacial score (nSPS) is 51.8. The van der Waals surface area contributed by atoms with E-state index in [0.29, 0.717) is 29.1 Å². The number of hydrogen-bond acceptors (Lipinski definition) is 2. The molecule has 4 aliphatic rings. The molecule has 2 N–H and O–H groups in total. The van der Waals surface area contributed by atoms with Gasteiger partial charge in [-0.2, -0.15) is 0 Å². The predicted octanol–water partition coefficient (Wildman–Crippen LogP) is 5.12. The quantitative estimate of drug-likeness (QED) is 0.733. The summed E-state index contributed by atoms with van der Waals surface area (Å²) in [4.78, 5) is 11.3. The standard InChI is InChI=1S/C23H38O3/c1-14(12-21(25)26)18-6-7-19-17-5-4-15-13-16(24)8-10-22(15,2)20(17)9-11-23(18,19)3/h14-20,24H,4-13H2,1-3H3,(H,25,26)/t14-,15?,16-,17+,18-,19+,20+,22+,23-/m1/s1. The lowest BCUT2D eigenvalue weighted by molar-refractivity contribution is -0.141. The van der Waals surface area contributed by atoms with Gasteiger partial charge in [-0.05, 0) is 104 Å². The topological polar surface area (TPSA) is 57.5 Å². The highest BCUT2D eigenvalue weighted by molar-refractivity contribution is 5.67. The van der Waals surface area contributed by atoms with E-state index in [4.69, 9.17) is 0 Å². The molecule has 4 fully saturated rings. The summed E-state index contributed by atoms with van der Waals surface area (Å²) in [6, 6.07) is 0. The molecule has 9 atom stereocenters. The largest absolute Gasteiger partial charge is 0.481 e. The third-order valence-corrected chi connectivity index (χ3v) is 9.89. The van der Waals surface area contributed by atoms with Crippen molar-refractivity contribution < 1.29 is 15.0 Å². The van der Waals surface area contributed by atoms with Crippen LogP contribution in [0, 0.1) is 46.3 Å². The molecule has 0 bridgehead atoms. The van der Waals surface area contributed by atoms with Crippen molar-refractivity contribution in [3.05, 3.63) is 0 Å². The van der Waals surface area contributed by atoms with E-state index in [0.717, 1.165) is 36.5 Å². The van der Waals surface area contributed by atoms with Gasteiger partial charge in [-0.1, -0.05) is 20.8 Å². The van der Waals surface area contributed by atoms with E-state index < -0.39 is 5.97 Å². The molecule has 0 heterocycles. The van der Waals surface area contributed by atoms with Crippen LogP contribution in [0.5, 0.6) is 0 Å². The maximum absolute atomic E-state index is 11.3. The van der Waals surface area contributed by atoms with Crippen LogP contribution in [0.25, 0.3) is 0 Å². The first kappa shape index (κ1) is 18.8. The number of carboxylic acids is 1.